The summed E-state index contributed by atoms with van der Waals surface area (Å²) in [4.78, 5) is 0. The fourth-order valence-corrected chi connectivity index (χ4v) is 3.03. The topological polar surface area (TPSA) is 0 Å². The molecule has 4 heteroatoms. The standard InChI is InChI=1S/C16H14BrCl3/c17-14-6-4-11(5-7-14)8-12(10-18)9-13-2-1-3-15(19)16(13)20/h1-7,12H,8-10H2. The molecule has 0 bridgehead atoms. The van der Waals surface area contributed by atoms with Crippen molar-refractivity contribution >= 4 is 50.7 Å². The largest absolute Gasteiger partial charge is 0.126 e. The maximum absolute atomic E-state index is 6.24. The quantitative estimate of drug-likeness (QED) is 0.517. The lowest BCUT2D eigenvalue weighted by Crippen LogP contribution is -2.10. The van der Waals surface area contributed by atoms with Gasteiger partial charge in [0.2, 0.25) is 0 Å². The summed E-state index contributed by atoms with van der Waals surface area (Å²) in [6, 6.07) is 14.1. The average Bonchev–Trinajstić information content (AvgIpc) is 2.45. The summed E-state index contributed by atoms with van der Waals surface area (Å²) in [6.07, 6.45) is 1.76. The highest BCUT2D eigenvalue weighted by Crippen LogP contribution is 2.28. The number of rotatable bonds is 5. The first-order valence-electron chi connectivity index (χ1n) is 6.33. The second-order valence-corrected chi connectivity index (χ2v) is 6.78. The zero-order chi connectivity index (χ0) is 14.5. The molecule has 0 nitrogen and oxygen atoms in total. The number of benzene rings is 2. The van der Waals surface area contributed by atoms with Crippen molar-refractivity contribution in [1.29, 1.82) is 0 Å². The third-order valence-corrected chi connectivity index (χ3v) is 5.02. The minimum Gasteiger partial charge on any atom is -0.126 e. The van der Waals surface area contributed by atoms with E-state index < -0.39 is 0 Å². The van der Waals surface area contributed by atoms with Gasteiger partial charge in [-0.3, -0.25) is 0 Å². The summed E-state index contributed by atoms with van der Waals surface area (Å²) in [5.41, 5.74) is 2.33. The molecule has 0 N–H and O–H groups in total. The smallest absolute Gasteiger partial charge is 0.0624 e. The Morgan fingerprint density at radius 1 is 0.950 bits per heavy atom. The summed E-state index contributed by atoms with van der Waals surface area (Å²) in [7, 11) is 0. The Bertz CT molecular complexity index is 566. The van der Waals surface area contributed by atoms with Gasteiger partial charge in [0.1, 0.15) is 0 Å². The summed E-state index contributed by atoms with van der Waals surface area (Å²) < 4.78 is 1.08. The molecule has 2 aromatic rings. The molecule has 0 saturated carbocycles. The van der Waals surface area contributed by atoms with Crippen LogP contribution in [0, 0.1) is 5.92 Å². The molecule has 0 radical (unpaired) electrons. The summed E-state index contributed by atoms with van der Waals surface area (Å²) in [6.45, 7) is 0. The molecular weight excluding hydrogens is 378 g/mol. The van der Waals surface area contributed by atoms with Gasteiger partial charge in [-0.05, 0) is 48.1 Å². The summed E-state index contributed by atoms with van der Waals surface area (Å²) in [5, 5.41) is 1.24. The van der Waals surface area contributed by atoms with Gasteiger partial charge in [-0.1, -0.05) is 63.4 Å². The van der Waals surface area contributed by atoms with Crippen LogP contribution in [0.5, 0.6) is 0 Å². The predicted octanol–water partition coefficient (Wildman–Crippen LogP) is 6.40. The van der Waals surface area contributed by atoms with Gasteiger partial charge in [0, 0.05) is 10.4 Å². The first-order chi connectivity index (χ1) is 9.60. The molecular formula is C16H14BrCl3. The molecule has 0 spiro atoms. The molecule has 0 aliphatic rings. The van der Waals surface area contributed by atoms with Crippen LogP contribution in [-0.2, 0) is 12.8 Å². The Kier molecular flexibility index (Phi) is 6.22. The van der Waals surface area contributed by atoms with Crippen molar-refractivity contribution in [2.24, 2.45) is 5.92 Å². The Labute approximate surface area is 143 Å². The van der Waals surface area contributed by atoms with Crippen LogP contribution < -0.4 is 0 Å². The predicted molar refractivity (Wildman–Crippen MR) is 92.2 cm³/mol. The molecule has 2 rings (SSSR count). The van der Waals surface area contributed by atoms with E-state index in [2.05, 4.69) is 28.1 Å². The molecule has 0 amide bonds. The van der Waals surface area contributed by atoms with Gasteiger partial charge < -0.3 is 0 Å². The zero-order valence-electron chi connectivity index (χ0n) is 10.8. The first-order valence-corrected chi connectivity index (χ1v) is 8.41. The molecule has 20 heavy (non-hydrogen) atoms. The van der Waals surface area contributed by atoms with E-state index in [4.69, 9.17) is 34.8 Å². The SMILES string of the molecule is ClCC(Cc1ccc(Br)cc1)Cc1cccc(Cl)c1Cl. The fraction of sp³-hybridized carbons (Fsp3) is 0.250. The van der Waals surface area contributed by atoms with Gasteiger partial charge in [-0.2, -0.15) is 0 Å². The number of halogens is 4. The van der Waals surface area contributed by atoms with Crippen LogP contribution in [0.1, 0.15) is 11.1 Å². The summed E-state index contributed by atoms with van der Waals surface area (Å²) in [5.74, 6) is 0.938. The van der Waals surface area contributed by atoms with Crippen LogP contribution in [0.25, 0.3) is 0 Å². The second-order valence-electron chi connectivity index (χ2n) is 4.77. The second kappa shape index (κ2) is 7.70. The van der Waals surface area contributed by atoms with E-state index in [-0.39, 0.29) is 0 Å². The van der Waals surface area contributed by atoms with E-state index in [0.29, 0.717) is 21.8 Å². The van der Waals surface area contributed by atoms with Crippen molar-refractivity contribution in [3.63, 3.8) is 0 Å². The highest BCUT2D eigenvalue weighted by molar-refractivity contribution is 9.10. The fourth-order valence-electron chi connectivity index (χ4n) is 2.15. The minimum atomic E-state index is 0.341. The molecule has 0 aromatic heterocycles. The van der Waals surface area contributed by atoms with Gasteiger partial charge in [-0.25, -0.2) is 0 Å². The van der Waals surface area contributed by atoms with Gasteiger partial charge in [-0.15, -0.1) is 11.6 Å². The molecule has 0 fully saturated rings. The van der Waals surface area contributed by atoms with E-state index in [1.165, 1.54) is 5.56 Å². The molecule has 0 aliphatic heterocycles. The van der Waals surface area contributed by atoms with Crippen molar-refractivity contribution in [1.82, 2.24) is 0 Å². The number of hydrogen-bond donors (Lipinski definition) is 0. The lowest BCUT2D eigenvalue weighted by molar-refractivity contribution is 0.584. The van der Waals surface area contributed by atoms with Crippen LogP contribution in [0.2, 0.25) is 10.0 Å². The van der Waals surface area contributed by atoms with Crippen LogP contribution in [0.15, 0.2) is 46.9 Å². The summed E-state index contributed by atoms with van der Waals surface area (Å²) >= 11 is 21.8. The Balaban J connectivity index is 2.09. The highest BCUT2D eigenvalue weighted by Gasteiger charge is 2.13. The van der Waals surface area contributed by atoms with Gasteiger partial charge in [0.25, 0.3) is 0 Å². The lowest BCUT2D eigenvalue weighted by Gasteiger charge is -2.15. The van der Waals surface area contributed by atoms with Crippen LogP contribution >= 0.6 is 50.7 Å². The van der Waals surface area contributed by atoms with Gasteiger partial charge in [0.15, 0.2) is 0 Å². The molecule has 1 atom stereocenters. The molecule has 106 valence electrons. The van der Waals surface area contributed by atoms with E-state index in [1.807, 2.05) is 24.3 Å². The van der Waals surface area contributed by atoms with Crippen molar-refractivity contribution in [3.05, 3.63) is 68.1 Å². The first kappa shape index (κ1) is 16.2. The molecule has 0 saturated heterocycles. The Morgan fingerprint density at radius 3 is 2.30 bits per heavy atom. The van der Waals surface area contributed by atoms with E-state index in [9.17, 15) is 0 Å². The average molecular weight is 393 g/mol. The van der Waals surface area contributed by atoms with Crippen LogP contribution in [-0.4, -0.2) is 5.88 Å². The molecule has 2 aromatic carbocycles. The third kappa shape index (κ3) is 4.39. The van der Waals surface area contributed by atoms with Crippen LogP contribution in [0.3, 0.4) is 0 Å². The van der Waals surface area contributed by atoms with Crippen molar-refractivity contribution in [2.75, 3.05) is 5.88 Å². The molecule has 1 unspecified atom stereocenters. The maximum atomic E-state index is 6.24. The minimum absolute atomic E-state index is 0.341. The Morgan fingerprint density at radius 2 is 1.65 bits per heavy atom. The molecule has 0 aliphatic carbocycles. The van der Waals surface area contributed by atoms with Crippen molar-refractivity contribution in [3.8, 4) is 0 Å². The van der Waals surface area contributed by atoms with Crippen molar-refractivity contribution in [2.45, 2.75) is 12.8 Å². The lowest BCUT2D eigenvalue weighted by atomic mass is 9.94. The zero-order valence-corrected chi connectivity index (χ0v) is 14.6. The van der Waals surface area contributed by atoms with E-state index in [0.717, 1.165) is 22.9 Å². The Hall–Kier alpha value is -0.210. The number of hydrogen-bond acceptors (Lipinski definition) is 0. The van der Waals surface area contributed by atoms with Crippen LogP contribution in [0.4, 0.5) is 0 Å². The normalized spacial score (nSPS) is 12.4. The number of alkyl halides is 1. The van der Waals surface area contributed by atoms with E-state index in [1.54, 1.807) is 6.07 Å². The van der Waals surface area contributed by atoms with Crippen molar-refractivity contribution < 1.29 is 0 Å². The monoisotopic (exact) mass is 390 g/mol. The van der Waals surface area contributed by atoms with Gasteiger partial charge in [0.05, 0.1) is 10.0 Å². The van der Waals surface area contributed by atoms with E-state index >= 15 is 0 Å². The maximum Gasteiger partial charge on any atom is 0.0624 e. The highest BCUT2D eigenvalue weighted by atomic mass is 79.9. The third-order valence-electron chi connectivity index (χ3n) is 3.20. The molecule has 0 heterocycles. The van der Waals surface area contributed by atoms with Gasteiger partial charge >= 0.3 is 0 Å².